The van der Waals surface area contributed by atoms with E-state index in [-0.39, 0.29) is 23.6 Å². The summed E-state index contributed by atoms with van der Waals surface area (Å²) in [5, 5.41) is 18.4. The van der Waals surface area contributed by atoms with Crippen molar-refractivity contribution < 1.29 is 18.7 Å². The minimum absolute atomic E-state index is 0.185. The number of hydrogen-bond donors (Lipinski definition) is 4. The molecule has 0 aliphatic carbocycles. The number of pyridine rings is 1. The zero-order valence-electron chi connectivity index (χ0n) is 31.8. The van der Waals surface area contributed by atoms with E-state index in [0.29, 0.717) is 61.5 Å². The summed E-state index contributed by atoms with van der Waals surface area (Å²) in [6.45, 7) is 10.6. The number of likely N-dealkylation sites (tertiary alicyclic amines) is 1. The van der Waals surface area contributed by atoms with Crippen LogP contribution in [0.4, 0.5) is 32.3 Å². The van der Waals surface area contributed by atoms with Gasteiger partial charge < -0.3 is 20.7 Å². The zero-order valence-corrected chi connectivity index (χ0v) is 31.8. The van der Waals surface area contributed by atoms with Gasteiger partial charge in [0.15, 0.2) is 0 Å². The Morgan fingerprint density at radius 1 is 0.911 bits per heavy atom. The van der Waals surface area contributed by atoms with Gasteiger partial charge >= 0.3 is 6.03 Å². The number of carbonyl (C=O) groups is 2. The van der Waals surface area contributed by atoms with Crippen molar-refractivity contribution in [2.24, 2.45) is 0 Å². The van der Waals surface area contributed by atoms with Crippen molar-refractivity contribution in [1.82, 2.24) is 34.9 Å². The van der Waals surface area contributed by atoms with Crippen LogP contribution in [0.2, 0.25) is 0 Å². The van der Waals surface area contributed by atoms with E-state index in [1.165, 1.54) is 12.4 Å². The minimum Gasteiger partial charge on any atom is -0.488 e. The molecule has 1 fully saturated rings. The number of nitrogens with one attached hydrogen (secondary N) is 4. The molecule has 14 heteroatoms. The average Bonchev–Trinajstić information content (AvgIpc) is 3.81. The Morgan fingerprint density at radius 2 is 1.71 bits per heavy atom. The Hall–Kier alpha value is -6.41. The van der Waals surface area contributed by atoms with Crippen molar-refractivity contribution in [2.75, 3.05) is 42.1 Å². The van der Waals surface area contributed by atoms with E-state index in [2.05, 4.69) is 57.0 Å². The second-order valence-electron chi connectivity index (χ2n) is 14.8. The predicted octanol–water partition coefficient (Wildman–Crippen LogP) is 7.56. The number of ether oxygens (including phenoxy) is 1. The van der Waals surface area contributed by atoms with Gasteiger partial charge in [0.05, 0.1) is 29.5 Å². The average molecular weight is 757 g/mol. The number of aryl methyl sites for hydroxylation is 1. The predicted molar refractivity (Wildman–Crippen MR) is 216 cm³/mol. The Morgan fingerprint density at radius 3 is 2.45 bits per heavy atom. The second-order valence-corrected chi connectivity index (χ2v) is 14.8. The molecule has 1 saturated heterocycles. The standard InChI is InChI=1S/C42H45FN10O3/c1-27-9-11-30(12-10-27)53-39(22-36(51-53)42(2,3)4)50-41(55)48-33-13-14-35(32-8-6-5-7-31(32)33)56-26-28-15-17-44-37(21-28)49-38-24-46-34(23-47-38)40(54)45-18-20-52-19-16-29(43)25-52/h5-15,17,21-24,29H,16,18-20,25-26H2,1-4H3,(H,45,54)(H,44,47,49)(H2,48,50,55)/t29-/m1/s1. The Bertz CT molecular complexity index is 2320. The van der Waals surface area contributed by atoms with E-state index in [1.54, 1.807) is 10.9 Å². The molecule has 0 bridgehead atoms. The first-order chi connectivity index (χ1) is 27.0. The van der Waals surface area contributed by atoms with Crippen LogP contribution in [0.1, 0.15) is 54.5 Å². The lowest BCUT2D eigenvalue weighted by atomic mass is 9.92. The summed E-state index contributed by atoms with van der Waals surface area (Å²) in [6, 6.07) is 24.6. The van der Waals surface area contributed by atoms with E-state index in [1.807, 2.05) is 90.7 Å². The van der Waals surface area contributed by atoms with Gasteiger partial charge in [-0.3, -0.25) is 15.0 Å². The van der Waals surface area contributed by atoms with Gasteiger partial charge in [-0.15, -0.1) is 0 Å². The maximum Gasteiger partial charge on any atom is 0.324 e. The van der Waals surface area contributed by atoms with Crippen LogP contribution in [0, 0.1) is 6.92 Å². The largest absolute Gasteiger partial charge is 0.488 e. The molecule has 0 unspecified atom stereocenters. The normalized spacial score (nSPS) is 14.4. The number of halogens is 1. The highest BCUT2D eigenvalue weighted by atomic mass is 19.1. The molecule has 56 heavy (non-hydrogen) atoms. The van der Waals surface area contributed by atoms with Crippen LogP contribution in [-0.4, -0.2) is 73.9 Å². The quantitative estimate of drug-likeness (QED) is 0.0992. The number of nitrogens with zero attached hydrogens (tertiary/aromatic N) is 6. The van der Waals surface area contributed by atoms with Gasteiger partial charge in [-0.25, -0.2) is 28.8 Å². The number of aromatic nitrogens is 5. The molecule has 7 rings (SSSR count). The molecular weight excluding hydrogens is 712 g/mol. The van der Waals surface area contributed by atoms with Crippen LogP contribution in [0.15, 0.2) is 97.5 Å². The van der Waals surface area contributed by atoms with Gasteiger partial charge in [0, 0.05) is 54.6 Å². The maximum absolute atomic E-state index is 13.5. The maximum atomic E-state index is 13.5. The van der Waals surface area contributed by atoms with Crippen LogP contribution >= 0.6 is 0 Å². The Kier molecular flexibility index (Phi) is 11.2. The fourth-order valence-electron chi connectivity index (χ4n) is 6.34. The van der Waals surface area contributed by atoms with Crippen LogP contribution in [-0.2, 0) is 12.0 Å². The summed E-state index contributed by atoms with van der Waals surface area (Å²) >= 11 is 0. The molecule has 0 spiro atoms. The lowest BCUT2D eigenvalue weighted by Gasteiger charge is -2.15. The van der Waals surface area contributed by atoms with E-state index >= 15 is 0 Å². The van der Waals surface area contributed by atoms with Crippen molar-refractivity contribution in [3.05, 3.63) is 120 Å². The van der Waals surface area contributed by atoms with Crippen molar-refractivity contribution in [2.45, 2.75) is 52.3 Å². The highest BCUT2D eigenvalue weighted by molar-refractivity contribution is 6.07. The molecule has 1 aliphatic heterocycles. The van der Waals surface area contributed by atoms with Crippen LogP contribution in [0.25, 0.3) is 16.5 Å². The van der Waals surface area contributed by atoms with Gasteiger partial charge in [0.2, 0.25) is 0 Å². The van der Waals surface area contributed by atoms with E-state index in [0.717, 1.165) is 33.3 Å². The van der Waals surface area contributed by atoms with E-state index in [4.69, 9.17) is 9.84 Å². The van der Waals surface area contributed by atoms with Crippen molar-refractivity contribution >= 4 is 45.9 Å². The van der Waals surface area contributed by atoms with Gasteiger partial charge in [0.1, 0.15) is 41.7 Å². The highest BCUT2D eigenvalue weighted by Gasteiger charge is 2.23. The number of rotatable bonds is 12. The zero-order chi connectivity index (χ0) is 39.2. The third-order valence-corrected chi connectivity index (χ3v) is 9.42. The number of anilines is 4. The topological polar surface area (TPSA) is 151 Å². The van der Waals surface area contributed by atoms with Gasteiger partial charge in [-0.05, 0) is 55.3 Å². The second kappa shape index (κ2) is 16.5. The summed E-state index contributed by atoms with van der Waals surface area (Å²) in [5.74, 6) is 1.82. The molecule has 3 amide bonds. The van der Waals surface area contributed by atoms with Gasteiger partial charge in [-0.2, -0.15) is 5.10 Å². The lowest BCUT2D eigenvalue weighted by molar-refractivity contribution is 0.0944. The first kappa shape index (κ1) is 37.9. The first-order valence-electron chi connectivity index (χ1n) is 18.6. The summed E-state index contributed by atoms with van der Waals surface area (Å²) in [5.41, 5.74) is 4.28. The summed E-state index contributed by atoms with van der Waals surface area (Å²) in [7, 11) is 0. The lowest BCUT2D eigenvalue weighted by Crippen LogP contribution is -2.34. The molecule has 3 aromatic heterocycles. The van der Waals surface area contributed by atoms with Crippen molar-refractivity contribution in [3.8, 4) is 11.4 Å². The number of benzene rings is 3. The van der Waals surface area contributed by atoms with Crippen LogP contribution < -0.4 is 26.0 Å². The fourth-order valence-corrected chi connectivity index (χ4v) is 6.34. The number of urea groups is 1. The minimum atomic E-state index is -0.792. The van der Waals surface area contributed by atoms with Crippen molar-refractivity contribution in [1.29, 1.82) is 0 Å². The molecule has 288 valence electrons. The number of fused-ring (bicyclic) bond motifs is 1. The molecule has 0 radical (unpaired) electrons. The van der Waals surface area contributed by atoms with Crippen molar-refractivity contribution in [3.63, 3.8) is 0 Å². The molecule has 13 nitrogen and oxygen atoms in total. The highest BCUT2D eigenvalue weighted by Crippen LogP contribution is 2.33. The van der Waals surface area contributed by atoms with E-state index < -0.39 is 12.2 Å². The Labute approximate surface area is 324 Å². The summed E-state index contributed by atoms with van der Waals surface area (Å²) in [6.07, 6.45) is 4.28. The smallest absolute Gasteiger partial charge is 0.324 e. The first-order valence-corrected chi connectivity index (χ1v) is 18.6. The summed E-state index contributed by atoms with van der Waals surface area (Å²) in [4.78, 5) is 40.9. The van der Waals surface area contributed by atoms with Crippen LogP contribution in [0.3, 0.4) is 0 Å². The SMILES string of the molecule is Cc1ccc(-n2nc(C(C)(C)C)cc2NC(=O)Nc2ccc(OCc3ccnc(Nc4cnc(C(=O)NCCN5CC[C@@H](F)C5)cn4)c3)c3ccccc23)cc1. The molecule has 3 aromatic carbocycles. The molecule has 4 heterocycles. The summed E-state index contributed by atoms with van der Waals surface area (Å²) < 4.78 is 21.4. The molecule has 1 aliphatic rings. The third kappa shape index (κ3) is 9.27. The third-order valence-electron chi connectivity index (χ3n) is 9.42. The molecule has 0 saturated carbocycles. The van der Waals surface area contributed by atoms with Gasteiger partial charge in [0.25, 0.3) is 5.91 Å². The number of amides is 3. The Balaban J connectivity index is 0.974. The number of alkyl halides is 1. The molecule has 1 atom stereocenters. The number of carbonyl (C=O) groups excluding carboxylic acids is 2. The number of hydrogen-bond acceptors (Lipinski definition) is 9. The monoisotopic (exact) mass is 756 g/mol. The van der Waals surface area contributed by atoms with Crippen LogP contribution in [0.5, 0.6) is 5.75 Å². The fraction of sp³-hybridized carbons (Fsp3) is 0.286. The molecule has 6 aromatic rings. The van der Waals surface area contributed by atoms with E-state index in [9.17, 15) is 14.0 Å². The molecule has 4 N–H and O–H groups in total. The van der Waals surface area contributed by atoms with Gasteiger partial charge in [-0.1, -0.05) is 62.7 Å². The molecular formula is C42H45FN10O3.